The number of amides is 1. The fourth-order valence-corrected chi connectivity index (χ4v) is 3.93. The van der Waals surface area contributed by atoms with E-state index in [2.05, 4.69) is 15.8 Å². The lowest BCUT2D eigenvalue weighted by molar-refractivity contribution is 0.177. The molecule has 0 aliphatic rings. The number of hydrogen-bond donors (Lipinski definition) is 2. The smallest absolute Gasteiger partial charge is 0.442 e. The highest BCUT2D eigenvalue weighted by Crippen LogP contribution is 2.33. The summed E-state index contributed by atoms with van der Waals surface area (Å²) in [6.45, 7) is 5.69. The van der Waals surface area contributed by atoms with Crippen molar-refractivity contribution in [1.29, 1.82) is 0 Å². The number of nitrogens with zero attached hydrogens (tertiary/aromatic N) is 2. The lowest BCUT2D eigenvalue weighted by Crippen LogP contribution is -2.30. The third kappa shape index (κ3) is 7.91. The minimum absolute atomic E-state index is 0.0434. The number of aromatic nitrogens is 2. The van der Waals surface area contributed by atoms with Crippen LogP contribution in [-0.4, -0.2) is 38.0 Å². The van der Waals surface area contributed by atoms with Gasteiger partial charge in [0.05, 0.1) is 27.7 Å². The van der Waals surface area contributed by atoms with Gasteiger partial charge in [-0.2, -0.15) is 4.68 Å². The van der Waals surface area contributed by atoms with Gasteiger partial charge in [-0.15, -0.1) is 11.5 Å². The zero-order valence-electron chi connectivity index (χ0n) is 20.2. The summed E-state index contributed by atoms with van der Waals surface area (Å²) in [6.07, 6.45) is 4.12. The van der Waals surface area contributed by atoms with Crippen LogP contribution in [-0.2, 0) is 20.2 Å². The van der Waals surface area contributed by atoms with Crippen LogP contribution in [0.15, 0.2) is 50.5 Å². The molecule has 3 rings (SSSR count). The molecule has 0 saturated heterocycles. The molecule has 0 unspecified atom stereocenters. The number of ether oxygens (including phenoxy) is 2. The number of rotatable bonds is 5. The molecule has 0 aliphatic heterocycles. The van der Waals surface area contributed by atoms with Crippen molar-refractivity contribution in [3.05, 3.63) is 62.9 Å². The number of carbonyl (C=O) groups is 1. The highest BCUT2D eigenvalue weighted by molar-refractivity contribution is 7.90. The standard InChI is InChI=1S/C15H14Cl2N2O3.C8H10N2O4S/c1-5-6-21-12-8-11(9(16)7-10(12)17)19-14(20)22-13(18-19)15(2,3)4;1-14-8(11)10-15(12,13)7-4-2-6(9)3-5-7/h1,7-8H,6H2,2-4H3;2-5H,9H2,1H3,(H,10,11). The van der Waals surface area contributed by atoms with Crippen LogP contribution in [0, 0.1) is 12.3 Å². The highest BCUT2D eigenvalue weighted by Gasteiger charge is 2.24. The Kier molecular flexibility index (Phi) is 9.63. The second kappa shape index (κ2) is 12.1. The Balaban J connectivity index is 0.000000281. The number of nitrogens with one attached hydrogen (secondary N) is 1. The van der Waals surface area contributed by atoms with Crippen molar-refractivity contribution in [3.63, 3.8) is 0 Å². The summed E-state index contributed by atoms with van der Waals surface area (Å²) in [5.74, 6) is 2.31. The number of benzene rings is 2. The molecule has 11 nitrogen and oxygen atoms in total. The summed E-state index contributed by atoms with van der Waals surface area (Å²) in [5, 5.41) is 4.71. The van der Waals surface area contributed by atoms with Crippen LogP contribution in [0.3, 0.4) is 0 Å². The zero-order chi connectivity index (χ0) is 28.0. The molecule has 1 heterocycles. The molecule has 37 heavy (non-hydrogen) atoms. The van der Waals surface area contributed by atoms with E-state index in [1.54, 1.807) is 4.72 Å². The Morgan fingerprint density at radius 1 is 1.22 bits per heavy atom. The van der Waals surface area contributed by atoms with E-state index in [9.17, 15) is 18.0 Å². The van der Waals surface area contributed by atoms with E-state index in [0.717, 1.165) is 11.8 Å². The first-order valence-electron chi connectivity index (χ1n) is 10.3. The summed E-state index contributed by atoms with van der Waals surface area (Å²) in [7, 11) is -2.79. The molecular weight excluding hydrogens is 547 g/mol. The van der Waals surface area contributed by atoms with Gasteiger partial charge in [0.2, 0.25) is 5.89 Å². The molecule has 0 spiro atoms. The van der Waals surface area contributed by atoms with Crippen molar-refractivity contribution in [2.45, 2.75) is 31.1 Å². The lowest BCUT2D eigenvalue weighted by atomic mass is 9.97. The summed E-state index contributed by atoms with van der Waals surface area (Å²) in [5.41, 5.74) is 5.72. The molecule has 0 saturated carbocycles. The SMILES string of the molecule is C#CCOc1cc(-n2nc(C(C)(C)C)oc2=O)c(Cl)cc1Cl.COC(=O)NS(=O)(=O)c1ccc(N)cc1. The molecular formula is C23H24Cl2N4O7S. The number of carbonyl (C=O) groups excluding carboxylic acids is 1. The van der Waals surface area contributed by atoms with E-state index in [1.807, 2.05) is 20.8 Å². The van der Waals surface area contributed by atoms with Gasteiger partial charge in [-0.1, -0.05) is 49.9 Å². The topological polar surface area (TPSA) is 156 Å². The third-order valence-corrected chi connectivity index (χ3v) is 6.25. The Morgan fingerprint density at radius 2 is 1.84 bits per heavy atom. The van der Waals surface area contributed by atoms with Crippen molar-refractivity contribution in [1.82, 2.24) is 14.5 Å². The monoisotopic (exact) mass is 570 g/mol. The summed E-state index contributed by atoms with van der Waals surface area (Å²) < 4.78 is 40.4. The number of methoxy groups -OCH3 is 1. The Bertz CT molecular complexity index is 1470. The summed E-state index contributed by atoms with van der Waals surface area (Å²) in [6, 6.07) is 8.39. The van der Waals surface area contributed by atoms with Crippen molar-refractivity contribution in [3.8, 4) is 23.8 Å². The number of nitrogens with two attached hydrogens (primary N) is 1. The first-order valence-corrected chi connectivity index (χ1v) is 12.6. The molecule has 198 valence electrons. The van der Waals surface area contributed by atoms with Crippen LogP contribution in [0.4, 0.5) is 10.5 Å². The normalized spacial score (nSPS) is 11.1. The Hall–Kier alpha value is -3.66. The average Bonchev–Trinajstić information content (AvgIpc) is 3.21. The molecule has 0 radical (unpaired) electrons. The van der Waals surface area contributed by atoms with Crippen LogP contribution in [0.2, 0.25) is 10.0 Å². The minimum Gasteiger partial charge on any atom is -0.479 e. The molecule has 2 aromatic carbocycles. The van der Waals surface area contributed by atoms with Gasteiger partial charge in [-0.05, 0) is 30.3 Å². The van der Waals surface area contributed by atoms with Gasteiger partial charge in [0, 0.05) is 17.2 Å². The van der Waals surface area contributed by atoms with Crippen LogP contribution in [0.25, 0.3) is 5.69 Å². The van der Waals surface area contributed by atoms with Gasteiger partial charge in [0.15, 0.2) is 0 Å². The van der Waals surface area contributed by atoms with E-state index in [4.69, 9.17) is 44.5 Å². The second-order valence-corrected chi connectivity index (χ2v) is 10.7. The molecule has 1 aromatic heterocycles. The molecule has 3 aromatic rings. The van der Waals surface area contributed by atoms with Gasteiger partial charge in [0.25, 0.3) is 10.0 Å². The molecule has 0 aliphatic carbocycles. The number of nitrogen functional groups attached to an aromatic ring is 1. The Morgan fingerprint density at radius 3 is 2.35 bits per heavy atom. The largest absolute Gasteiger partial charge is 0.479 e. The zero-order valence-corrected chi connectivity index (χ0v) is 22.6. The fraction of sp³-hybridized carbons (Fsp3) is 0.261. The van der Waals surface area contributed by atoms with Crippen LogP contribution < -0.4 is 20.9 Å². The fourth-order valence-electron chi connectivity index (χ4n) is 2.50. The second-order valence-electron chi connectivity index (χ2n) is 8.23. The molecule has 3 N–H and O–H groups in total. The average molecular weight is 571 g/mol. The number of terminal acetylenes is 1. The first kappa shape index (κ1) is 29.6. The summed E-state index contributed by atoms with van der Waals surface area (Å²) >= 11 is 12.2. The number of hydrogen-bond acceptors (Lipinski definition) is 9. The molecule has 14 heteroatoms. The molecule has 0 atom stereocenters. The maximum Gasteiger partial charge on any atom is 0.442 e. The Labute approximate surface area is 223 Å². The number of anilines is 1. The quantitative estimate of drug-likeness (QED) is 0.344. The van der Waals surface area contributed by atoms with Crippen molar-refractivity contribution < 1.29 is 27.1 Å². The highest BCUT2D eigenvalue weighted by atomic mass is 35.5. The van der Waals surface area contributed by atoms with Gasteiger partial charge < -0.3 is 19.6 Å². The predicted octanol–water partition coefficient (Wildman–Crippen LogP) is 3.76. The predicted molar refractivity (Wildman–Crippen MR) is 139 cm³/mol. The van der Waals surface area contributed by atoms with E-state index in [-0.39, 0.29) is 21.5 Å². The van der Waals surface area contributed by atoms with E-state index in [0.29, 0.717) is 23.0 Å². The maximum atomic E-state index is 12.0. The molecule has 0 fully saturated rings. The van der Waals surface area contributed by atoms with Crippen molar-refractivity contribution in [2.75, 3.05) is 19.5 Å². The van der Waals surface area contributed by atoms with Gasteiger partial charge >= 0.3 is 11.8 Å². The molecule has 1 amide bonds. The minimum atomic E-state index is -3.87. The third-order valence-electron chi connectivity index (χ3n) is 4.32. The van der Waals surface area contributed by atoms with Crippen LogP contribution in [0.1, 0.15) is 26.7 Å². The number of sulfonamides is 1. The van der Waals surface area contributed by atoms with Gasteiger partial charge in [-0.25, -0.2) is 22.7 Å². The van der Waals surface area contributed by atoms with Gasteiger partial charge in [0.1, 0.15) is 12.4 Å². The van der Waals surface area contributed by atoms with Crippen LogP contribution >= 0.6 is 23.2 Å². The summed E-state index contributed by atoms with van der Waals surface area (Å²) in [4.78, 5) is 22.7. The van der Waals surface area contributed by atoms with E-state index in [1.165, 1.54) is 36.4 Å². The molecule has 0 bridgehead atoms. The van der Waals surface area contributed by atoms with Crippen molar-refractivity contribution in [2.24, 2.45) is 0 Å². The number of halogens is 2. The first-order chi connectivity index (χ1) is 17.2. The lowest BCUT2D eigenvalue weighted by Gasteiger charge is -2.11. The van der Waals surface area contributed by atoms with Crippen LogP contribution in [0.5, 0.6) is 5.75 Å². The van der Waals surface area contributed by atoms with Gasteiger partial charge in [-0.3, -0.25) is 0 Å². The maximum absolute atomic E-state index is 12.0. The van der Waals surface area contributed by atoms with E-state index >= 15 is 0 Å². The van der Waals surface area contributed by atoms with E-state index < -0.39 is 27.3 Å². The van der Waals surface area contributed by atoms with Crippen molar-refractivity contribution >= 4 is 45.0 Å².